The number of amides is 1. The third kappa shape index (κ3) is 5.82. The first-order valence-corrected chi connectivity index (χ1v) is 10.5. The molecule has 0 spiro atoms. The molecule has 1 saturated heterocycles. The van der Waals surface area contributed by atoms with Crippen molar-refractivity contribution >= 4 is 11.9 Å². The van der Waals surface area contributed by atoms with E-state index in [9.17, 15) is 4.79 Å². The first-order valence-electron chi connectivity index (χ1n) is 10.5. The van der Waals surface area contributed by atoms with E-state index in [1.807, 2.05) is 44.4 Å². The molecule has 2 N–H and O–H groups in total. The molecule has 1 fully saturated rings. The van der Waals surface area contributed by atoms with Crippen LogP contribution in [0.2, 0.25) is 0 Å². The molecular formula is C22H32N6O2. The first kappa shape index (κ1) is 21.8. The van der Waals surface area contributed by atoms with E-state index < -0.39 is 0 Å². The van der Waals surface area contributed by atoms with E-state index in [2.05, 4.69) is 25.5 Å². The van der Waals surface area contributed by atoms with Crippen molar-refractivity contribution in [3.8, 4) is 11.5 Å². The van der Waals surface area contributed by atoms with E-state index >= 15 is 0 Å². The highest BCUT2D eigenvalue weighted by Crippen LogP contribution is 2.19. The summed E-state index contributed by atoms with van der Waals surface area (Å²) >= 11 is 0. The summed E-state index contributed by atoms with van der Waals surface area (Å²) in [6, 6.07) is 9.87. The zero-order valence-electron chi connectivity index (χ0n) is 18.1. The lowest BCUT2D eigenvalue weighted by Gasteiger charge is -2.26. The summed E-state index contributed by atoms with van der Waals surface area (Å²) in [6.07, 6.45) is 4.65. The van der Waals surface area contributed by atoms with Crippen LogP contribution in [0, 0.1) is 0 Å². The van der Waals surface area contributed by atoms with Crippen LogP contribution in [0.1, 0.15) is 25.0 Å². The highest BCUT2D eigenvalue weighted by atomic mass is 16.3. The number of hydrogen-bond acceptors (Lipinski definition) is 5. The molecule has 1 aromatic heterocycles. The standard InChI is InChI=1S/C22H32N6O2/c1-23-22(24-12-8-14-28-13-7-11-19(28)21(29)27(2)3)25-15-18-16-30-20(26-18)17-9-5-4-6-10-17/h4-6,9-10,16,19H,7-8,11-15H2,1-3H3,(H2,23,24,25). The summed E-state index contributed by atoms with van der Waals surface area (Å²) in [6.45, 7) is 3.21. The number of benzene rings is 1. The zero-order valence-corrected chi connectivity index (χ0v) is 18.1. The maximum atomic E-state index is 12.3. The molecule has 8 heteroatoms. The van der Waals surface area contributed by atoms with Crippen LogP contribution >= 0.6 is 0 Å². The maximum Gasteiger partial charge on any atom is 0.239 e. The van der Waals surface area contributed by atoms with Gasteiger partial charge in [0.15, 0.2) is 5.96 Å². The van der Waals surface area contributed by atoms with E-state index in [1.54, 1.807) is 18.2 Å². The fourth-order valence-electron chi connectivity index (χ4n) is 3.66. The van der Waals surface area contributed by atoms with Crippen LogP contribution in [-0.4, -0.2) is 73.5 Å². The molecule has 0 saturated carbocycles. The van der Waals surface area contributed by atoms with Gasteiger partial charge in [-0.3, -0.25) is 14.7 Å². The molecule has 0 bridgehead atoms. The van der Waals surface area contributed by atoms with Gasteiger partial charge in [0, 0.05) is 39.8 Å². The van der Waals surface area contributed by atoms with Gasteiger partial charge >= 0.3 is 0 Å². The second-order valence-electron chi connectivity index (χ2n) is 7.64. The SMILES string of the molecule is CN=C(NCCCN1CCCC1C(=O)N(C)C)NCc1coc(-c2ccccc2)n1. The Labute approximate surface area is 178 Å². The monoisotopic (exact) mass is 412 g/mol. The number of aromatic nitrogens is 1. The fraction of sp³-hybridized carbons (Fsp3) is 0.500. The largest absolute Gasteiger partial charge is 0.444 e. The molecule has 0 aliphatic carbocycles. The van der Waals surface area contributed by atoms with Crippen molar-refractivity contribution in [1.82, 2.24) is 25.4 Å². The van der Waals surface area contributed by atoms with Gasteiger partial charge in [0.05, 0.1) is 18.3 Å². The molecule has 1 unspecified atom stereocenters. The average Bonchev–Trinajstić information content (AvgIpc) is 3.43. The van der Waals surface area contributed by atoms with Gasteiger partial charge in [-0.2, -0.15) is 0 Å². The van der Waals surface area contributed by atoms with Crippen molar-refractivity contribution in [1.29, 1.82) is 0 Å². The lowest BCUT2D eigenvalue weighted by Crippen LogP contribution is -2.44. The minimum atomic E-state index is 0.0309. The van der Waals surface area contributed by atoms with Crippen molar-refractivity contribution in [3.63, 3.8) is 0 Å². The molecule has 1 amide bonds. The van der Waals surface area contributed by atoms with Crippen LogP contribution < -0.4 is 10.6 Å². The maximum absolute atomic E-state index is 12.3. The van der Waals surface area contributed by atoms with Crippen molar-refractivity contribution in [3.05, 3.63) is 42.3 Å². The third-order valence-electron chi connectivity index (χ3n) is 5.24. The van der Waals surface area contributed by atoms with Crippen molar-refractivity contribution in [2.75, 3.05) is 40.8 Å². The minimum Gasteiger partial charge on any atom is -0.444 e. The normalized spacial score (nSPS) is 17.2. The Kier molecular flexibility index (Phi) is 7.84. The molecule has 1 aliphatic heterocycles. The molecule has 1 aliphatic rings. The van der Waals surface area contributed by atoms with E-state index in [0.29, 0.717) is 12.4 Å². The Bertz CT molecular complexity index is 833. The Morgan fingerprint density at radius 2 is 2.10 bits per heavy atom. The number of hydrogen-bond donors (Lipinski definition) is 2. The highest BCUT2D eigenvalue weighted by molar-refractivity contribution is 5.81. The quantitative estimate of drug-likeness (QED) is 0.392. The van der Waals surface area contributed by atoms with Crippen LogP contribution in [0.3, 0.4) is 0 Å². The van der Waals surface area contributed by atoms with Crippen molar-refractivity contribution < 1.29 is 9.21 Å². The topological polar surface area (TPSA) is 86.0 Å². The molecule has 1 atom stereocenters. The summed E-state index contributed by atoms with van der Waals surface area (Å²) < 4.78 is 5.57. The van der Waals surface area contributed by atoms with Crippen molar-refractivity contribution in [2.45, 2.75) is 31.8 Å². The van der Waals surface area contributed by atoms with Crippen LogP contribution in [-0.2, 0) is 11.3 Å². The van der Waals surface area contributed by atoms with E-state index in [1.165, 1.54) is 0 Å². The number of nitrogens with zero attached hydrogens (tertiary/aromatic N) is 4. The van der Waals surface area contributed by atoms with Gasteiger partial charge in [-0.25, -0.2) is 4.98 Å². The lowest BCUT2D eigenvalue weighted by atomic mass is 10.2. The van der Waals surface area contributed by atoms with Gasteiger partial charge in [0.1, 0.15) is 6.26 Å². The molecule has 30 heavy (non-hydrogen) atoms. The molecule has 2 heterocycles. The minimum absolute atomic E-state index is 0.0309. The predicted molar refractivity (Wildman–Crippen MR) is 118 cm³/mol. The number of likely N-dealkylation sites (N-methyl/N-ethyl adjacent to an activating group) is 1. The molecular weight excluding hydrogens is 380 g/mol. The molecule has 3 rings (SSSR count). The third-order valence-corrected chi connectivity index (χ3v) is 5.24. The number of guanidine groups is 1. The average molecular weight is 413 g/mol. The van der Waals surface area contributed by atoms with Gasteiger partial charge in [0.2, 0.25) is 11.8 Å². The van der Waals surface area contributed by atoms with Crippen LogP contribution in [0.5, 0.6) is 0 Å². The lowest BCUT2D eigenvalue weighted by molar-refractivity contribution is -0.133. The summed E-state index contributed by atoms with van der Waals surface area (Å²) in [5.74, 6) is 1.55. The van der Waals surface area contributed by atoms with Gasteiger partial charge < -0.3 is 20.0 Å². The summed E-state index contributed by atoms with van der Waals surface area (Å²) in [7, 11) is 5.40. The molecule has 8 nitrogen and oxygen atoms in total. The molecule has 1 aromatic carbocycles. The molecule has 162 valence electrons. The number of oxazole rings is 1. The number of aliphatic imine (C=N–C) groups is 1. The van der Waals surface area contributed by atoms with E-state index in [0.717, 1.165) is 56.1 Å². The van der Waals surface area contributed by atoms with Gasteiger partial charge in [-0.15, -0.1) is 0 Å². The summed E-state index contributed by atoms with van der Waals surface area (Å²) in [5.41, 5.74) is 1.78. The summed E-state index contributed by atoms with van der Waals surface area (Å²) in [4.78, 5) is 25.1. The van der Waals surface area contributed by atoms with E-state index in [-0.39, 0.29) is 11.9 Å². The second-order valence-corrected chi connectivity index (χ2v) is 7.64. The van der Waals surface area contributed by atoms with Crippen LogP contribution in [0.4, 0.5) is 0 Å². The number of likely N-dealkylation sites (tertiary alicyclic amines) is 1. The number of rotatable bonds is 8. The molecule has 0 radical (unpaired) electrons. The number of nitrogens with one attached hydrogen (secondary N) is 2. The Balaban J connectivity index is 1.39. The number of carbonyl (C=O) groups is 1. The Hall–Kier alpha value is -2.87. The van der Waals surface area contributed by atoms with Gasteiger partial charge in [-0.1, -0.05) is 18.2 Å². The highest BCUT2D eigenvalue weighted by Gasteiger charge is 2.30. The second kappa shape index (κ2) is 10.8. The summed E-state index contributed by atoms with van der Waals surface area (Å²) in [5, 5.41) is 6.59. The predicted octanol–water partition coefficient (Wildman–Crippen LogP) is 1.95. The fourth-order valence-corrected chi connectivity index (χ4v) is 3.66. The van der Waals surface area contributed by atoms with Crippen LogP contribution in [0.25, 0.3) is 11.5 Å². The Morgan fingerprint density at radius 1 is 1.30 bits per heavy atom. The number of carbonyl (C=O) groups excluding carboxylic acids is 1. The van der Waals surface area contributed by atoms with Crippen molar-refractivity contribution in [2.24, 2.45) is 4.99 Å². The van der Waals surface area contributed by atoms with Gasteiger partial charge in [-0.05, 0) is 37.9 Å². The smallest absolute Gasteiger partial charge is 0.239 e. The Morgan fingerprint density at radius 3 is 2.83 bits per heavy atom. The van der Waals surface area contributed by atoms with Crippen LogP contribution in [0.15, 0.2) is 46.0 Å². The molecule has 2 aromatic rings. The van der Waals surface area contributed by atoms with E-state index in [4.69, 9.17) is 4.42 Å². The van der Waals surface area contributed by atoms with Gasteiger partial charge in [0.25, 0.3) is 0 Å². The first-order chi connectivity index (χ1) is 14.6. The zero-order chi connectivity index (χ0) is 21.3.